The Morgan fingerprint density at radius 1 is 1.15 bits per heavy atom. The van der Waals surface area contributed by atoms with Crippen LogP contribution >= 0.6 is 34.7 Å². The first kappa shape index (κ1) is 23.1. The molecule has 34 heavy (non-hydrogen) atoms. The monoisotopic (exact) mass is 509 g/mol. The third kappa shape index (κ3) is 4.28. The lowest BCUT2D eigenvalue weighted by Crippen LogP contribution is -2.24. The molecule has 1 aliphatic carbocycles. The van der Waals surface area contributed by atoms with E-state index in [2.05, 4.69) is 5.32 Å². The summed E-state index contributed by atoms with van der Waals surface area (Å²) >= 11 is 9.29. The van der Waals surface area contributed by atoms with Gasteiger partial charge in [-0.25, -0.2) is 4.98 Å². The van der Waals surface area contributed by atoms with E-state index < -0.39 is 0 Å². The highest BCUT2D eigenvalue weighted by Gasteiger charge is 2.24. The first-order valence-corrected chi connectivity index (χ1v) is 13.4. The summed E-state index contributed by atoms with van der Waals surface area (Å²) in [5.74, 6) is -0.00902. The molecule has 0 aliphatic heterocycles. The highest BCUT2D eigenvalue weighted by atomic mass is 35.5. The minimum atomic E-state index is -0.145. The SMILES string of the molecule is Cc1ccccc1NC(=O)CSc1nc2sc3c(c2c(=O)n1-c1cccc(Cl)c1C)CCCC3. The van der Waals surface area contributed by atoms with Gasteiger partial charge in [0.1, 0.15) is 4.83 Å². The number of anilines is 1. The van der Waals surface area contributed by atoms with Gasteiger partial charge in [-0.05, 0) is 74.4 Å². The minimum Gasteiger partial charge on any atom is -0.325 e. The van der Waals surface area contributed by atoms with Crippen LogP contribution in [0.1, 0.15) is 34.4 Å². The normalized spacial score (nSPS) is 13.1. The number of para-hydroxylation sites is 1. The largest absolute Gasteiger partial charge is 0.325 e. The number of carbonyl (C=O) groups is 1. The van der Waals surface area contributed by atoms with Crippen LogP contribution in [0.4, 0.5) is 5.69 Å². The van der Waals surface area contributed by atoms with E-state index in [0.29, 0.717) is 21.3 Å². The van der Waals surface area contributed by atoms with Gasteiger partial charge in [0.25, 0.3) is 5.56 Å². The summed E-state index contributed by atoms with van der Waals surface area (Å²) in [4.78, 5) is 33.6. The number of amides is 1. The molecule has 0 radical (unpaired) electrons. The number of rotatable bonds is 5. The minimum absolute atomic E-state index is 0.0865. The van der Waals surface area contributed by atoms with Crippen LogP contribution in [-0.2, 0) is 17.6 Å². The van der Waals surface area contributed by atoms with Crippen LogP contribution in [0.3, 0.4) is 0 Å². The van der Waals surface area contributed by atoms with Gasteiger partial charge in [-0.2, -0.15) is 0 Å². The van der Waals surface area contributed by atoms with Crippen molar-refractivity contribution in [3.8, 4) is 5.69 Å². The van der Waals surface area contributed by atoms with Gasteiger partial charge in [0.2, 0.25) is 5.91 Å². The van der Waals surface area contributed by atoms with E-state index in [0.717, 1.165) is 52.9 Å². The number of aryl methyl sites for hydroxylation is 3. The first-order chi connectivity index (χ1) is 16.4. The summed E-state index contributed by atoms with van der Waals surface area (Å²) in [6.45, 7) is 3.85. The molecular formula is C26H24ClN3O2S2. The lowest BCUT2D eigenvalue weighted by Gasteiger charge is -2.16. The number of thiophene rings is 1. The number of thioether (sulfide) groups is 1. The number of hydrogen-bond donors (Lipinski definition) is 1. The molecule has 0 saturated heterocycles. The molecule has 174 valence electrons. The van der Waals surface area contributed by atoms with E-state index in [1.54, 1.807) is 15.9 Å². The molecule has 0 spiro atoms. The van der Waals surface area contributed by atoms with Gasteiger partial charge >= 0.3 is 0 Å². The van der Waals surface area contributed by atoms with Crippen molar-refractivity contribution in [1.82, 2.24) is 9.55 Å². The second-order valence-corrected chi connectivity index (χ2v) is 10.9. The molecule has 2 aromatic carbocycles. The topological polar surface area (TPSA) is 64.0 Å². The number of nitrogens with zero attached hydrogens (tertiary/aromatic N) is 2. The summed E-state index contributed by atoms with van der Waals surface area (Å²) < 4.78 is 1.64. The van der Waals surface area contributed by atoms with Crippen LogP contribution in [0.2, 0.25) is 5.02 Å². The molecule has 0 saturated carbocycles. The van der Waals surface area contributed by atoms with E-state index in [9.17, 15) is 9.59 Å². The molecule has 0 unspecified atom stereocenters. The third-order valence-electron chi connectivity index (χ3n) is 6.19. The van der Waals surface area contributed by atoms with Gasteiger partial charge in [0, 0.05) is 15.6 Å². The molecule has 5 nitrogen and oxygen atoms in total. The number of halogens is 1. The Morgan fingerprint density at radius 2 is 1.94 bits per heavy atom. The Hall–Kier alpha value is -2.61. The molecule has 4 aromatic rings. The molecule has 0 bridgehead atoms. The van der Waals surface area contributed by atoms with Gasteiger partial charge in [0.15, 0.2) is 5.16 Å². The molecule has 1 amide bonds. The zero-order chi connectivity index (χ0) is 23.8. The van der Waals surface area contributed by atoms with Crippen molar-refractivity contribution in [2.45, 2.75) is 44.7 Å². The Kier molecular flexibility index (Phi) is 6.51. The van der Waals surface area contributed by atoms with Crippen LogP contribution in [-0.4, -0.2) is 21.2 Å². The zero-order valence-corrected chi connectivity index (χ0v) is 21.4. The summed E-state index contributed by atoms with van der Waals surface area (Å²) in [6.07, 6.45) is 4.13. The van der Waals surface area contributed by atoms with Gasteiger partial charge in [-0.1, -0.05) is 47.6 Å². The maximum Gasteiger partial charge on any atom is 0.267 e. The number of aromatic nitrogens is 2. The first-order valence-electron chi connectivity index (χ1n) is 11.2. The second kappa shape index (κ2) is 9.56. The fourth-order valence-electron chi connectivity index (χ4n) is 4.36. The molecule has 1 aliphatic rings. The van der Waals surface area contributed by atoms with Crippen LogP contribution < -0.4 is 10.9 Å². The molecule has 1 N–H and O–H groups in total. The maximum atomic E-state index is 13.9. The Balaban J connectivity index is 1.57. The van der Waals surface area contributed by atoms with Crippen molar-refractivity contribution in [2.24, 2.45) is 0 Å². The van der Waals surface area contributed by atoms with Crippen LogP contribution in [0.15, 0.2) is 52.4 Å². The van der Waals surface area contributed by atoms with Gasteiger partial charge in [0.05, 0.1) is 16.8 Å². The molecule has 5 rings (SSSR count). The Labute approximate surface area is 211 Å². The predicted octanol–water partition coefficient (Wildman–Crippen LogP) is 6.33. The van der Waals surface area contributed by atoms with Crippen molar-refractivity contribution < 1.29 is 4.79 Å². The second-order valence-electron chi connectivity index (χ2n) is 8.46. The van der Waals surface area contributed by atoms with E-state index >= 15 is 0 Å². The van der Waals surface area contributed by atoms with E-state index in [-0.39, 0.29) is 17.2 Å². The highest BCUT2D eigenvalue weighted by Crippen LogP contribution is 2.36. The number of benzene rings is 2. The van der Waals surface area contributed by atoms with E-state index in [1.165, 1.54) is 16.6 Å². The van der Waals surface area contributed by atoms with Crippen molar-refractivity contribution in [1.29, 1.82) is 0 Å². The van der Waals surface area contributed by atoms with Crippen molar-refractivity contribution in [2.75, 3.05) is 11.1 Å². The van der Waals surface area contributed by atoms with E-state index in [4.69, 9.17) is 16.6 Å². The van der Waals surface area contributed by atoms with Crippen molar-refractivity contribution >= 4 is 56.5 Å². The quantitative estimate of drug-likeness (QED) is 0.252. The van der Waals surface area contributed by atoms with Crippen LogP contribution in [0.25, 0.3) is 15.9 Å². The highest BCUT2D eigenvalue weighted by molar-refractivity contribution is 7.99. The standard InChI is InChI=1S/C26H24ClN3O2S2/c1-15-8-3-5-11-19(15)28-22(31)14-33-26-29-24-23(17-9-4-6-13-21(17)34-24)25(32)30(26)20-12-7-10-18(27)16(20)2/h3,5,7-8,10-12H,4,6,9,13-14H2,1-2H3,(H,28,31). The van der Waals surface area contributed by atoms with Crippen molar-refractivity contribution in [3.05, 3.63) is 79.4 Å². The summed E-state index contributed by atoms with van der Waals surface area (Å²) in [5.41, 5.74) is 4.34. The maximum absolute atomic E-state index is 13.9. The average Bonchev–Trinajstić information content (AvgIpc) is 3.20. The van der Waals surface area contributed by atoms with E-state index in [1.807, 2.05) is 56.3 Å². The van der Waals surface area contributed by atoms with Gasteiger partial charge in [-0.3, -0.25) is 14.2 Å². The predicted molar refractivity (Wildman–Crippen MR) is 142 cm³/mol. The molecule has 0 fully saturated rings. The van der Waals surface area contributed by atoms with Gasteiger partial charge < -0.3 is 5.32 Å². The number of fused-ring (bicyclic) bond motifs is 3. The molecule has 2 heterocycles. The fourth-order valence-corrected chi connectivity index (χ4v) is 6.64. The molecule has 2 aromatic heterocycles. The number of carbonyl (C=O) groups excluding carboxylic acids is 1. The lowest BCUT2D eigenvalue weighted by atomic mass is 9.97. The number of hydrogen-bond acceptors (Lipinski definition) is 5. The van der Waals surface area contributed by atoms with Gasteiger partial charge in [-0.15, -0.1) is 11.3 Å². The third-order valence-corrected chi connectivity index (χ3v) is 8.72. The Morgan fingerprint density at radius 3 is 2.76 bits per heavy atom. The average molecular weight is 510 g/mol. The summed E-state index contributed by atoms with van der Waals surface area (Å²) in [7, 11) is 0. The smallest absolute Gasteiger partial charge is 0.267 e. The fraction of sp³-hybridized carbons (Fsp3) is 0.269. The molecule has 8 heteroatoms. The lowest BCUT2D eigenvalue weighted by molar-refractivity contribution is -0.113. The summed E-state index contributed by atoms with van der Waals surface area (Å²) in [6, 6.07) is 13.2. The van der Waals surface area contributed by atoms with Crippen LogP contribution in [0, 0.1) is 13.8 Å². The Bertz CT molecular complexity index is 1480. The molecular weight excluding hydrogens is 486 g/mol. The molecule has 0 atom stereocenters. The zero-order valence-electron chi connectivity index (χ0n) is 19.0. The number of nitrogens with one attached hydrogen (secondary N) is 1. The van der Waals surface area contributed by atoms with Crippen molar-refractivity contribution in [3.63, 3.8) is 0 Å². The van der Waals surface area contributed by atoms with Crippen LogP contribution in [0.5, 0.6) is 0 Å². The summed E-state index contributed by atoms with van der Waals surface area (Å²) in [5, 5.41) is 4.76.